The van der Waals surface area contributed by atoms with Gasteiger partial charge in [-0.15, -0.1) is 0 Å². The molecule has 11 heteroatoms. The number of carbonyl (C=O) groups is 2. The van der Waals surface area contributed by atoms with Crippen molar-refractivity contribution < 1.29 is 14.5 Å². The minimum atomic E-state index is -0.595. The number of non-ortho nitro benzene ring substituents is 1. The summed E-state index contributed by atoms with van der Waals surface area (Å²) in [5.41, 5.74) is 4.82. The number of carbonyl (C=O) groups excluding carboxylic acids is 2. The van der Waals surface area contributed by atoms with Crippen molar-refractivity contribution in [2.75, 3.05) is 0 Å². The number of amides is 2. The molecule has 0 spiro atoms. The zero-order valence-electron chi connectivity index (χ0n) is 12.8. The van der Waals surface area contributed by atoms with Crippen LogP contribution in [0.4, 0.5) is 5.69 Å². The Balaban J connectivity index is 1.90. The third-order valence-electron chi connectivity index (χ3n) is 2.98. The van der Waals surface area contributed by atoms with Gasteiger partial charge in [-0.2, -0.15) is 0 Å². The Labute approximate surface area is 162 Å². The molecule has 26 heavy (non-hydrogen) atoms. The molecule has 0 saturated carbocycles. The van der Waals surface area contributed by atoms with E-state index in [2.05, 4.69) is 16.2 Å². The first-order valence-corrected chi connectivity index (χ1v) is 8.05. The Morgan fingerprint density at radius 2 is 1.50 bits per heavy atom. The minimum absolute atomic E-state index is 0.141. The van der Waals surface area contributed by atoms with E-state index >= 15 is 0 Å². The highest BCUT2D eigenvalue weighted by Crippen LogP contribution is 2.18. The summed E-state index contributed by atoms with van der Waals surface area (Å²) in [6.07, 6.45) is 0. The average Bonchev–Trinajstić information content (AvgIpc) is 2.58. The fourth-order valence-electron chi connectivity index (χ4n) is 1.81. The molecule has 3 N–H and O–H groups in total. The molecular weight excluding hydrogens is 403 g/mol. The first-order chi connectivity index (χ1) is 12.3. The van der Waals surface area contributed by atoms with E-state index in [4.69, 9.17) is 35.4 Å². The van der Waals surface area contributed by atoms with E-state index in [0.29, 0.717) is 0 Å². The summed E-state index contributed by atoms with van der Waals surface area (Å²) in [4.78, 5) is 34.0. The average molecular weight is 413 g/mol. The van der Waals surface area contributed by atoms with Crippen LogP contribution in [0.15, 0.2) is 42.5 Å². The van der Waals surface area contributed by atoms with E-state index < -0.39 is 16.7 Å². The van der Waals surface area contributed by atoms with Gasteiger partial charge in [0.2, 0.25) is 0 Å². The predicted molar refractivity (Wildman–Crippen MR) is 100 cm³/mol. The van der Waals surface area contributed by atoms with Crippen LogP contribution in [-0.2, 0) is 0 Å². The molecular formula is C15H10Cl2N4O4S. The maximum Gasteiger partial charge on any atom is 0.269 e. The summed E-state index contributed by atoms with van der Waals surface area (Å²) in [5, 5.41) is 13.3. The Morgan fingerprint density at radius 3 is 2.04 bits per heavy atom. The predicted octanol–water partition coefficient (Wildman–Crippen LogP) is 2.85. The van der Waals surface area contributed by atoms with Crippen molar-refractivity contribution >= 4 is 58.0 Å². The normalized spacial score (nSPS) is 9.92. The van der Waals surface area contributed by atoms with Crippen LogP contribution in [-0.4, -0.2) is 21.9 Å². The Hall–Kier alpha value is -2.75. The van der Waals surface area contributed by atoms with Gasteiger partial charge in [-0.3, -0.25) is 35.9 Å². The maximum atomic E-state index is 12.0. The summed E-state index contributed by atoms with van der Waals surface area (Å²) in [7, 11) is 0. The number of benzene rings is 2. The summed E-state index contributed by atoms with van der Waals surface area (Å²) < 4.78 is 0. The van der Waals surface area contributed by atoms with E-state index in [1.54, 1.807) is 0 Å². The van der Waals surface area contributed by atoms with Gasteiger partial charge in [0.25, 0.3) is 17.5 Å². The molecule has 0 aliphatic heterocycles. The molecule has 2 amide bonds. The van der Waals surface area contributed by atoms with E-state index in [9.17, 15) is 19.7 Å². The lowest BCUT2D eigenvalue weighted by Crippen LogP contribution is -2.48. The lowest BCUT2D eigenvalue weighted by atomic mass is 10.2. The van der Waals surface area contributed by atoms with Crippen molar-refractivity contribution in [2.24, 2.45) is 0 Å². The lowest BCUT2D eigenvalue weighted by Gasteiger charge is -2.11. The maximum absolute atomic E-state index is 12.0. The van der Waals surface area contributed by atoms with E-state index in [1.807, 2.05) is 0 Å². The number of nitrogens with zero attached hydrogens (tertiary/aromatic N) is 1. The Kier molecular flexibility index (Phi) is 6.45. The van der Waals surface area contributed by atoms with Crippen LogP contribution in [0.3, 0.4) is 0 Å². The van der Waals surface area contributed by atoms with Gasteiger partial charge in [0.15, 0.2) is 5.11 Å². The van der Waals surface area contributed by atoms with E-state index in [0.717, 1.165) is 0 Å². The zero-order chi connectivity index (χ0) is 19.3. The summed E-state index contributed by atoms with van der Waals surface area (Å²) in [5.74, 6) is -1.17. The van der Waals surface area contributed by atoms with Crippen molar-refractivity contribution in [1.82, 2.24) is 16.2 Å². The SMILES string of the molecule is O=C(NNC(=S)NC(=O)c1cc(Cl)cc(Cl)c1)c1ccc([N+](=O)[O-])cc1. The molecule has 0 saturated heterocycles. The second-order valence-corrected chi connectivity index (χ2v) is 6.11. The Morgan fingerprint density at radius 1 is 0.923 bits per heavy atom. The van der Waals surface area contributed by atoms with Gasteiger partial charge in [0.1, 0.15) is 0 Å². The number of halogens is 2. The topological polar surface area (TPSA) is 113 Å². The smallest absolute Gasteiger partial charge is 0.269 e. The summed E-state index contributed by atoms with van der Waals surface area (Å²) in [6, 6.07) is 9.23. The molecule has 0 aliphatic carbocycles. The number of nitro benzene ring substituents is 1. The fraction of sp³-hybridized carbons (Fsp3) is 0. The van der Waals surface area contributed by atoms with Crippen molar-refractivity contribution in [3.8, 4) is 0 Å². The van der Waals surface area contributed by atoms with Gasteiger partial charge < -0.3 is 0 Å². The number of nitrogens with one attached hydrogen (secondary N) is 3. The van der Waals surface area contributed by atoms with Crippen molar-refractivity contribution in [2.45, 2.75) is 0 Å². The molecule has 0 fully saturated rings. The van der Waals surface area contributed by atoms with Gasteiger partial charge >= 0.3 is 0 Å². The lowest BCUT2D eigenvalue weighted by molar-refractivity contribution is -0.384. The quantitative estimate of drug-likeness (QED) is 0.405. The van der Waals surface area contributed by atoms with Crippen LogP contribution in [0.1, 0.15) is 20.7 Å². The van der Waals surface area contributed by atoms with Crippen molar-refractivity contribution in [3.05, 3.63) is 73.8 Å². The molecule has 0 heterocycles. The van der Waals surface area contributed by atoms with Crippen LogP contribution >= 0.6 is 35.4 Å². The standard InChI is InChI=1S/C15H10Cl2N4O4S/c16-10-5-9(6-11(17)7-10)13(22)18-15(26)20-19-14(23)8-1-3-12(4-2-8)21(24)25/h1-7H,(H,19,23)(H2,18,20,22,26). The highest BCUT2D eigenvalue weighted by molar-refractivity contribution is 7.80. The highest BCUT2D eigenvalue weighted by atomic mass is 35.5. The number of hydrogen-bond donors (Lipinski definition) is 3. The largest absolute Gasteiger partial charge is 0.298 e. The molecule has 0 bridgehead atoms. The van der Waals surface area contributed by atoms with Crippen molar-refractivity contribution in [1.29, 1.82) is 0 Å². The van der Waals surface area contributed by atoms with Gasteiger partial charge in [-0.05, 0) is 42.5 Å². The number of thiocarbonyl (C=S) groups is 1. The molecule has 2 rings (SSSR count). The third-order valence-corrected chi connectivity index (χ3v) is 3.62. The molecule has 2 aromatic rings. The number of rotatable bonds is 3. The minimum Gasteiger partial charge on any atom is -0.298 e. The van der Waals surface area contributed by atoms with Crippen LogP contribution in [0, 0.1) is 10.1 Å². The Bertz CT molecular complexity index is 869. The first-order valence-electron chi connectivity index (χ1n) is 6.88. The second kappa shape index (κ2) is 8.56. The van der Waals surface area contributed by atoms with E-state index in [1.165, 1.54) is 42.5 Å². The molecule has 0 unspecified atom stereocenters. The van der Waals surface area contributed by atoms with Crippen LogP contribution in [0.5, 0.6) is 0 Å². The summed E-state index contributed by atoms with van der Waals surface area (Å²) >= 11 is 16.5. The number of nitro groups is 1. The summed E-state index contributed by atoms with van der Waals surface area (Å²) in [6.45, 7) is 0. The monoisotopic (exact) mass is 412 g/mol. The zero-order valence-corrected chi connectivity index (χ0v) is 15.1. The highest BCUT2D eigenvalue weighted by Gasteiger charge is 2.12. The van der Waals surface area contributed by atoms with Gasteiger partial charge in [-0.1, -0.05) is 23.2 Å². The molecule has 0 atom stereocenters. The molecule has 0 aliphatic rings. The molecule has 0 aromatic heterocycles. The first kappa shape index (κ1) is 19.6. The molecule has 0 radical (unpaired) electrons. The van der Waals surface area contributed by atoms with Crippen LogP contribution < -0.4 is 16.2 Å². The number of hydrogen-bond acceptors (Lipinski definition) is 5. The van der Waals surface area contributed by atoms with Crippen molar-refractivity contribution in [3.63, 3.8) is 0 Å². The van der Waals surface area contributed by atoms with Gasteiger partial charge in [-0.25, -0.2) is 0 Å². The van der Waals surface area contributed by atoms with Crippen LogP contribution in [0.25, 0.3) is 0 Å². The number of hydrazine groups is 1. The molecule has 2 aromatic carbocycles. The fourth-order valence-corrected chi connectivity index (χ4v) is 2.48. The third kappa shape index (κ3) is 5.38. The second-order valence-electron chi connectivity index (χ2n) is 4.82. The van der Waals surface area contributed by atoms with E-state index in [-0.39, 0.29) is 32.0 Å². The van der Waals surface area contributed by atoms with Gasteiger partial charge in [0, 0.05) is 33.3 Å². The molecule has 134 valence electrons. The van der Waals surface area contributed by atoms with Crippen LogP contribution in [0.2, 0.25) is 10.0 Å². The van der Waals surface area contributed by atoms with Gasteiger partial charge in [0.05, 0.1) is 4.92 Å². The molecule has 8 nitrogen and oxygen atoms in total.